The van der Waals surface area contributed by atoms with Gasteiger partial charge in [0.1, 0.15) is 11.2 Å². The lowest BCUT2D eigenvalue weighted by atomic mass is 9.72. The molecule has 3 nitrogen and oxygen atoms in total. The second-order valence-electron chi connectivity index (χ2n) is 15.1. The molecule has 1 aliphatic rings. The van der Waals surface area contributed by atoms with Gasteiger partial charge >= 0.3 is 0 Å². The third-order valence-corrected chi connectivity index (χ3v) is 11.7. The molecule has 0 fully saturated rings. The monoisotopic (exact) mass is 728 g/mol. The van der Waals surface area contributed by atoms with E-state index in [1.165, 1.54) is 33.4 Å². The lowest BCUT2D eigenvalue weighted by molar-refractivity contribution is 0.669. The summed E-state index contributed by atoms with van der Waals surface area (Å²) in [5.74, 6) is 0.680. The first-order valence-corrected chi connectivity index (χ1v) is 19.5. The molecule has 0 amide bonds. The molecule has 0 radical (unpaired) electrons. The van der Waals surface area contributed by atoms with Crippen molar-refractivity contribution in [3.8, 4) is 67.3 Å². The van der Waals surface area contributed by atoms with Crippen LogP contribution in [0.4, 0.5) is 0 Å². The van der Waals surface area contributed by atoms with E-state index in [1.54, 1.807) is 0 Å². The Labute approximate surface area is 331 Å². The van der Waals surface area contributed by atoms with Crippen molar-refractivity contribution >= 4 is 21.9 Å². The zero-order chi connectivity index (χ0) is 37.9. The number of hydrogen-bond acceptors (Lipinski definition) is 3. The van der Waals surface area contributed by atoms with Crippen molar-refractivity contribution in [2.45, 2.75) is 12.3 Å². The minimum Gasteiger partial charge on any atom is -0.456 e. The van der Waals surface area contributed by atoms with Crippen LogP contribution in [0.3, 0.4) is 0 Å². The molecular weight excluding hydrogens is 693 g/mol. The van der Waals surface area contributed by atoms with E-state index < -0.39 is 0 Å². The highest BCUT2D eigenvalue weighted by atomic mass is 16.3. The summed E-state index contributed by atoms with van der Waals surface area (Å²) in [7, 11) is 0. The van der Waals surface area contributed by atoms with E-state index in [1.807, 2.05) is 30.3 Å². The normalized spacial score (nSPS) is 14.5. The van der Waals surface area contributed by atoms with Crippen LogP contribution in [0, 0.1) is 0 Å². The maximum absolute atomic E-state index is 6.20. The maximum atomic E-state index is 6.20. The molecule has 0 bridgehead atoms. The minimum atomic E-state index is -0.356. The third-order valence-electron chi connectivity index (χ3n) is 11.7. The summed E-state index contributed by atoms with van der Waals surface area (Å²) in [4.78, 5) is 10.5. The van der Waals surface area contributed by atoms with E-state index in [2.05, 4.69) is 177 Å². The SMILES string of the molecule is CC1(c2ccccc2)c2ccccc2-c2cccc(-c3cc(-c4ccccc4)cc(-c4cc(-c5ccc6oc7ccccc7c6c5)nc(-c5ccccc5)n4)c3)c21. The quantitative estimate of drug-likeness (QED) is 0.171. The molecule has 10 aromatic rings. The largest absolute Gasteiger partial charge is 0.456 e. The standard InChI is InChI=1S/C54H36N2O/c1-54(41-20-9-4-10-21-41)47-26-13-11-22-43(47)45-25-15-24-42(52(45)54)39-30-38(35-16-5-2-6-17-35)31-40(32-39)49-34-48(55-53(56-49)36-18-7-3-8-19-36)37-28-29-51-46(33-37)44-23-12-14-27-50(44)57-51/h2-34H,1H3. The van der Waals surface area contributed by atoms with Crippen LogP contribution in [-0.2, 0) is 5.41 Å². The van der Waals surface area contributed by atoms with E-state index in [0.29, 0.717) is 5.82 Å². The summed E-state index contributed by atoms with van der Waals surface area (Å²) in [5, 5.41) is 2.16. The maximum Gasteiger partial charge on any atom is 0.160 e. The topological polar surface area (TPSA) is 38.9 Å². The van der Waals surface area contributed by atoms with Crippen LogP contribution in [0.15, 0.2) is 205 Å². The fraction of sp³-hybridized carbons (Fsp3) is 0.0370. The van der Waals surface area contributed by atoms with Gasteiger partial charge in [-0.1, -0.05) is 152 Å². The van der Waals surface area contributed by atoms with E-state index in [0.717, 1.165) is 66.7 Å². The Hall–Kier alpha value is -7.36. The van der Waals surface area contributed by atoms with Crippen molar-refractivity contribution in [2.75, 3.05) is 0 Å². The molecule has 1 aliphatic carbocycles. The Balaban J connectivity index is 1.16. The van der Waals surface area contributed by atoms with Gasteiger partial charge < -0.3 is 4.42 Å². The molecule has 57 heavy (non-hydrogen) atoms. The van der Waals surface area contributed by atoms with Gasteiger partial charge in [0.2, 0.25) is 0 Å². The molecule has 2 heterocycles. The lowest BCUT2D eigenvalue weighted by Crippen LogP contribution is -2.23. The molecular formula is C54H36N2O. The Morgan fingerprint density at radius 1 is 0.386 bits per heavy atom. The highest BCUT2D eigenvalue weighted by Gasteiger charge is 2.42. The van der Waals surface area contributed by atoms with Crippen LogP contribution < -0.4 is 0 Å². The fourth-order valence-electron chi connectivity index (χ4n) is 8.99. The average Bonchev–Trinajstić information content (AvgIpc) is 3.80. The molecule has 0 saturated heterocycles. The van der Waals surface area contributed by atoms with Gasteiger partial charge in [-0.05, 0) is 106 Å². The van der Waals surface area contributed by atoms with Gasteiger partial charge in [0.15, 0.2) is 5.82 Å². The minimum absolute atomic E-state index is 0.356. The molecule has 0 aliphatic heterocycles. The highest BCUT2D eigenvalue weighted by Crippen LogP contribution is 2.55. The summed E-state index contributed by atoms with van der Waals surface area (Å²) in [6.07, 6.45) is 0. The molecule has 0 N–H and O–H groups in total. The van der Waals surface area contributed by atoms with Crippen LogP contribution >= 0.6 is 0 Å². The number of nitrogens with zero attached hydrogens (tertiary/aromatic N) is 2. The van der Waals surface area contributed by atoms with Crippen molar-refractivity contribution in [3.05, 3.63) is 217 Å². The van der Waals surface area contributed by atoms with Crippen LogP contribution in [0.1, 0.15) is 23.6 Å². The van der Waals surface area contributed by atoms with Gasteiger partial charge in [-0.15, -0.1) is 0 Å². The van der Waals surface area contributed by atoms with Crippen LogP contribution in [0.25, 0.3) is 89.2 Å². The number of furan rings is 1. The number of hydrogen-bond donors (Lipinski definition) is 0. The summed E-state index contributed by atoms with van der Waals surface area (Å²) in [6, 6.07) is 71.2. The summed E-state index contributed by atoms with van der Waals surface area (Å²) in [5.41, 5.74) is 17.2. The Bertz CT molecular complexity index is 3130. The number of rotatable bonds is 6. The zero-order valence-corrected chi connectivity index (χ0v) is 31.4. The second-order valence-corrected chi connectivity index (χ2v) is 15.1. The molecule has 268 valence electrons. The van der Waals surface area contributed by atoms with E-state index >= 15 is 0 Å². The zero-order valence-electron chi connectivity index (χ0n) is 31.4. The summed E-state index contributed by atoms with van der Waals surface area (Å²) < 4.78 is 6.20. The average molecular weight is 729 g/mol. The number of fused-ring (bicyclic) bond motifs is 6. The molecule has 11 rings (SSSR count). The Morgan fingerprint density at radius 2 is 0.982 bits per heavy atom. The molecule has 8 aromatic carbocycles. The van der Waals surface area contributed by atoms with Crippen molar-refractivity contribution in [3.63, 3.8) is 0 Å². The second kappa shape index (κ2) is 13.1. The first-order chi connectivity index (χ1) is 28.1. The van der Waals surface area contributed by atoms with Gasteiger partial charge in [-0.2, -0.15) is 0 Å². The Kier molecular flexibility index (Phi) is 7.61. The van der Waals surface area contributed by atoms with Crippen molar-refractivity contribution in [1.82, 2.24) is 9.97 Å². The van der Waals surface area contributed by atoms with E-state index in [4.69, 9.17) is 14.4 Å². The number of para-hydroxylation sites is 1. The smallest absolute Gasteiger partial charge is 0.160 e. The molecule has 0 saturated carbocycles. The van der Waals surface area contributed by atoms with Crippen molar-refractivity contribution in [2.24, 2.45) is 0 Å². The van der Waals surface area contributed by atoms with Gasteiger partial charge in [-0.25, -0.2) is 9.97 Å². The summed E-state index contributed by atoms with van der Waals surface area (Å²) in [6.45, 7) is 2.39. The number of aromatic nitrogens is 2. The van der Waals surface area contributed by atoms with Gasteiger partial charge in [-0.3, -0.25) is 0 Å². The van der Waals surface area contributed by atoms with E-state index in [-0.39, 0.29) is 5.41 Å². The molecule has 3 heteroatoms. The highest BCUT2D eigenvalue weighted by molar-refractivity contribution is 6.06. The predicted molar refractivity (Wildman–Crippen MR) is 234 cm³/mol. The molecule has 0 spiro atoms. The van der Waals surface area contributed by atoms with Gasteiger partial charge in [0.25, 0.3) is 0 Å². The predicted octanol–water partition coefficient (Wildman–Crippen LogP) is 14.0. The van der Waals surface area contributed by atoms with Crippen LogP contribution in [0.5, 0.6) is 0 Å². The third kappa shape index (κ3) is 5.43. The van der Waals surface area contributed by atoms with Crippen LogP contribution in [0.2, 0.25) is 0 Å². The first-order valence-electron chi connectivity index (χ1n) is 19.5. The van der Waals surface area contributed by atoms with Crippen molar-refractivity contribution in [1.29, 1.82) is 0 Å². The molecule has 1 unspecified atom stereocenters. The number of benzene rings is 8. The van der Waals surface area contributed by atoms with E-state index in [9.17, 15) is 0 Å². The fourth-order valence-corrected chi connectivity index (χ4v) is 8.99. The lowest BCUT2D eigenvalue weighted by Gasteiger charge is -2.30. The van der Waals surface area contributed by atoms with Gasteiger partial charge in [0.05, 0.1) is 11.4 Å². The summed E-state index contributed by atoms with van der Waals surface area (Å²) >= 11 is 0. The van der Waals surface area contributed by atoms with Gasteiger partial charge in [0, 0.05) is 32.9 Å². The molecule has 2 aromatic heterocycles. The van der Waals surface area contributed by atoms with Crippen molar-refractivity contribution < 1.29 is 4.42 Å². The first kappa shape index (κ1) is 33.0. The molecule has 1 atom stereocenters. The Morgan fingerprint density at radius 3 is 1.79 bits per heavy atom. The van der Waals surface area contributed by atoms with Crippen LogP contribution in [-0.4, -0.2) is 9.97 Å².